The van der Waals surface area contributed by atoms with Crippen molar-refractivity contribution in [3.63, 3.8) is 0 Å². The number of hydrogen-bond acceptors (Lipinski definition) is 6. The summed E-state index contributed by atoms with van der Waals surface area (Å²) >= 11 is 0. The molecule has 3 N–H and O–H groups in total. The Bertz CT molecular complexity index is 702. The van der Waals surface area contributed by atoms with Crippen molar-refractivity contribution in [3.8, 4) is 6.07 Å². The maximum Gasteiger partial charge on any atom is 0.635 e. The Hall–Kier alpha value is -2.67. The van der Waals surface area contributed by atoms with Crippen LogP contribution in [-0.4, -0.2) is 53.4 Å². The summed E-state index contributed by atoms with van der Waals surface area (Å²) in [4.78, 5) is 24.8. The summed E-state index contributed by atoms with van der Waals surface area (Å²) in [5.74, 6) is -1.17. The van der Waals surface area contributed by atoms with Gasteiger partial charge in [0.05, 0.1) is 6.07 Å². The standard InChI is InChI=1S/C17H22BN3O5/c1-4-17(23)21(8-7-19)11-15(22)20-16(26-18(24)25)10-14-6-5-12(2)13(3)9-14/h4-6,9,16,24-25H,1,8,10-11H2,2-3H3,(H,20,22)/t16-/m1/s1. The van der Waals surface area contributed by atoms with Gasteiger partial charge in [0.1, 0.15) is 19.3 Å². The molecule has 0 bridgehead atoms. The van der Waals surface area contributed by atoms with Crippen molar-refractivity contribution in [1.82, 2.24) is 10.2 Å². The Morgan fingerprint density at radius 3 is 2.65 bits per heavy atom. The highest BCUT2D eigenvalue weighted by atomic mass is 16.6. The van der Waals surface area contributed by atoms with Gasteiger partial charge in [-0.1, -0.05) is 24.8 Å². The van der Waals surface area contributed by atoms with Crippen LogP contribution in [0.2, 0.25) is 0 Å². The number of nitriles is 1. The van der Waals surface area contributed by atoms with Gasteiger partial charge in [0.2, 0.25) is 11.8 Å². The normalized spacial score (nSPS) is 11.2. The molecule has 0 aliphatic heterocycles. The van der Waals surface area contributed by atoms with Crippen molar-refractivity contribution in [1.29, 1.82) is 5.26 Å². The summed E-state index contributed by atoms with van der Waals surface area (Å²) in [6.07, 6.45) is 0.177. The molecule has 0 aliphatic rings. The van der Waals surface area contributed by atoms with Crippen LogP contribution in [0.5, 0.6) is 0 Å². The van der Waals surface area contributed by atoms with Crippen LogP contribution in [-0.2, 0) is 20.7 Å². The van der Waals surface area contributed by atoms with Gasteiger partial charge in [0.25, 0.3) is 0 Å². The van der Waals surface area contributed by atoms with Crippen LogP contribution >= 0.6 is 0 Å². The third kappa shape index (κ3) is 7.07. The molecule has 0 unspecified atom stereocenters. The largest absolute Gasteiger partial charge is 0.635 e. The van der Waals surface area contributed by atoms with E-state index in [4.69, 9.17) is 20.0 Å². The quantitative estimate of drug-likeness (QED) is 0.243. The van der Waals surface area contributed by atoms with E-state index < -0.39 is 25.4 Å². The lowest BCUT2D eigenvalue weighted by molar-refractivity contribution is -0.133. The summed E-state index contributed by atoms with van der Waals surface area (Å²) < 4.78 is 4.91. The summed E-state index contributed by atoms with van der Waals surface area (Å²) in [6.45, 7) is 6.57. The fourth-order valence-corrected chi connectivity index (χ4v) is 2.25. The number of amides is 2. The van der Waals surface area contributed by atoms with E-state index >= 15 is 0 Å². The van der Waals surface area contributed by atoms with Crippen molar-refractivity contribution in [2.45, 2.75) is 26.5 Å². The zero-order valence-electron chi connectivity index (χ0n) is 14.8. The van der Waals surface area contributed by atoms with Gasteiger partial charge in [-0.05, 0) is 36.6 Å². The third-order valence-corrected chi connectivity index (χ3v) is 3.68. The van der Waals surface area contributed by atoms with Crippen molar-refractivity contribution in [2.75, 3.05) is 13.1 Å². The number of nitrogens with one attached hydrogen (secondary N) is 1. The highest BCUT2D eigenvalue weighted by Crippen LogP contribution is 2.12. The molecule has 0 fully saturated rings. The van der Waals surface area contributed by atoms with Gasteiger partial charge in [-0.3, -0.25) is 9.59 Å². The molecular formula is C17H22BN3O5. The van der Waals surface area contributed by atoms with Crippen LogP contribution in [0.15, 0.2) is 30.9 Å². The first-order chi connectivity index (χ1) is 12.3. The average Bonchev–Trinajstić information content (AvgIpc) is 2.56. The lowest BCUT2D eigenvalue weighted by atomic mass is 10.0. The zero-order valence-corrected chi connectivity index (χ0v) is 14.8. The first-order valence-electron chi connectivity index (χ1n) is 7.92. The molecule has 26 heavy (non-hydrogen) atoms. The van der Waals surface area contributed by atoms with Gasteiger partial charge in [-0.2, -0.15) is 5.26 Å². The smallest absolute Gasteiger partial charge is 0.402 e. The van der Waals surface area contributed by atoms with E-state index in [0.717, 1.165) is 27.7 Å². The summed E-state index contributed by atoms with van der Waals surface area (Å²) in [7, 11) is -2.07. The van der Waals surface area contributed by atoms with Crippen LogP contribution in [0.1, 0.15) is 16.7 Å². The van der Waals surface area contributed by atoms with E-state index in [0.29, 0.717) is 0 Å². The Labute approximate surface area is 152 Å². The molecule has 0 aliphatic carbocycles. The lowest BCUT2D eigenvalue weighted by Crippen LogP contribution is -2.47. The fourth-order valence-electron chi connectivity index (χ4n) is 2.25. The molecule has 138 valence electrons. The molecule has 0 spiro atoms. The molecule has 1 aromatic carbocycles. The second-order valence-corrected chi connectivity index (χ2v) is 5.70. The van der Waals surface area contributed by atoms with Gasteiger partial charge >= 0.3 is 7.32 Å². The summed E-state index contributed by atoms with van der Waals surface area (Å²) in [5, 5.41) is 29.3. The Kier molecular flexibility index (Phi) is 8.51. The lowest BCUT2D eigenvalue weighted by Gasteiger charge is -2.22. The number of benzene rings is 1. The maximum absolute atomic E-state index is 12.2. The van der Waals surface area contributed by atoms with Crippen molar-refractivity contribution in [3.05, 3.63) is 47.5 Å². The minimum Gasteiger partial charge on any atom is -0.402 e. The predicted octanol–water partition coefficient (Wildman–Crippen LogP) is -0.187. The second-order valence-electron chi connectivity index (χ2n) is 5.70. The van der Waals surface area contributed by atoms with E-state index in [1.807, 2.05) is 32.0 Å². The molecular weight excluding hydrogens is 337 g/mol. The third-order valence-electron chi connectivity index (χ3n) is 3.68. The minimum atomic E-state index is -2.07. The van der Waals surface area contributed by atoms with Gasteiger partial charge in [-0.15, -0.1) is 0 Å². The average molecular weight is 359 g/mol. The first kappa shape index (κ1) is 21.4. The van der Waals surface area contributed by atoms with Crippen LogP contribution < -0.4 is 5.32 Å². The zero-order chi connectivity index (χ0) is 19.7. The number of aryl methyl sites for hydroxylation is 2. The molecule has 9 heteroatoms. The van der Waals surface area contributed by atoms with Gasteiger partial charge in [0.15, 0.2) is 0 Å². The van der Waals surface area contributed by atoms with E-state index in [9.17, 15) is 9.59 Å². The molecule has 8 nitrogen and oxygen atoms in total. The topological polar surface area (TPSA) is 123 Å². The Morgan fingerprint density at radius 2 is 2.12 bits per heavy atom. The first-order valence-corrected chi connectivity index (χ1v) is 7.92. The summed E-state index contributed by atoms with van der Waals surface area (Å²) in [6, 6.07) is 7.46. The van der Waals surface area contributed by atoms with Gasteiger partial charge in [0, 0.05) is 6.42 Å². The number of rotatable bonds is 9. The molecule has 1 aromatic rings. The van der Waals surface area contributed by atoms with E-state index in [-0.39, 0.29) is 19.5 Å². The van der Waals surface area contributed by atoms with Crippen molar-refractivity contribution < 1.29 is 24.3 Å². The molecule has 0 saturated carbocycles. The Morgan fingerprint density at radius 1 is 1.42 bits per heavy atom. The van der Waals surface area contributed by atoms with Gasteiger partial charge < -0.3 is 24.9 Å². The molecule has 1 rings (SSSR count). The van der Waals surface area contributed by atoms with Crippen molar-refractivity contribution in [2.24, 2.45) is 0 Å². The minimum absolute atomic E-state index is 0.193. The van der Waals surface area contributed by atoms with E-state index in [1.165, 1.54) is 0 Å². The molecule has 0 heterocycles. The molecule has 0 radical (unpaired) electrons. The Balaban J connectivity index is 2.80. The number of nitrogens with zero attached hydrogens (tertiary/aromatic N) is 2. The number of carbonyl (C=O) groups is 2. The predicted molar refractivity (Wildman–Crippen MR) is 95.2 cm³/mol. The van der Waals surface area contributed by atoms with E-state index in [1.54, 1.807) is 6.07 Å². The van der Waals surface area contributed by atoms with Gasteiger partial charge in [-0.25, -0.2) is 0 Å². The fraction of sp³-hybridized carbons (Fsp3) is 0.353. The molecule has 0 saturated heterocycles. The van der Waals surface area contributed by atoms with Crippen LogP contribution in [0.25, 0.3) is 0 Å². The van der Waals surface area contributed by atoms with Crippen molar-refractivity contribution >= 4 is 19.1 Å². The maximum atomic E-state index is 12.2. The highest BCUT2D eigenvalue weighted by Gasteiger charge is 2.22. The van der Waals surface area contributed by atoms with E-state index in [2.05, 4.69) is 11.9 Å². The summed E-state index contributed by atoms with van der Waals surface area (Å²) in [5.41, 5.74) is 2.98. The van der Waals surface area contributed by atoms with Crippen LogP contribution in [0.4, 0.5) is 0 Å². The highest BCUT2D eigenvalue weighted by molar-refractivity contribution is 6.32. The second kappa shape index (κ2) is 10.4. The van der Waals surface area contributed by atoms with Crippen LogP contribution in [0, 0.1) is 25.2 Å². The number of hydrogen-bond donors (Lipinski definition) is 3. The molecule has 1 atom stereocenters. The monoisotopic (exact) mass is 359 g/mol. The number of carbonyl (C=O) groups excluding carboxylic acids is 2. The SMILES string of the molecule is C=CC(=O)N(CC#N)CC(=O)N[C@@H](Cc1ccc(C)c(C)c1)OB(O)O. The molecule has 0 aromatic heterocycles. The van der Waals surface area contributed by atoms with Crippen LogP contribution in [0.3, 0.4) is 0 Å². The molecule has 2 amide bonds.